The van der Waals surface area contributed by atoms with Crippen LogP contribution in [0.5, 0.6) is 5.75 Å². The largest absolute Gasteiger partial charge is 0.497 e. The molecule has 110 valence electrons. The zero-order valence-corrected chi connectivity index (χ0v) is 13.1. The highest BCUT2D eigenvalue weighted by molar-refractivity contribution is 7.09. The first-order chi connectivity index (χ1) is 10.2. The van der Waals surface area contributed by atoms with Crippen molar-refractivity contribution in [3.8, 4) is 5.75 Å². The van der Waals surface area contributed by atoms with E-state index in [9.17, 15) is 4.79 Å². The molecule has 4 heteroatoms. The van der Waals surface area contributed by atoms with Crippen LogP contribution in [0.3, 0.4) is 0 Å². The first-order valence-corrected chi connectivity index (χ1v) is 7.74. The number of methoxy groups -OCH3 is 1. The Bertz CT molecular complexity index is 605. The van der Waals surface area contributed by atoms with Crippen molar-refractivity contribution >= 4 is 23.3 Å². The summed E-state index contributed by atoms with van der Waals surface area (Å²) in [6.45, 7) is 3.35. The Balaban J connectivity index is 2.02. The fourth-order valence-corrected chi connectivity index (χ4v) is 2.67. The molecule has 0 spiro atoms. The molecule has 0 aliphatic heterocycles. The number of hydrogen-bond acceptors (Lipinski definition) is 3. The molecule has 1 amide bonds. The zero-order chi connectivity index (χ0) is 15.1. The van der Waals surface area contributed by atoms with Crippen molar-refractivity contribution in [1.82, 2.24) is 4.90 Å². The van der Waals surface area contributed by atoms with Crippen LogP contribution in [-0.4, -0.2) is 24.5 Å². The highest BCUT2D eigenvalue weighted by Crippen LogP contribution is 2.15. The van der Waals surface area contributed by atoms with Crippen LogP contribution in [0.25, 0.3) is 6.08 Å². The van der Waals surface area contributed by atoms with Crippen molar-refractivity contribution in [2.75, 3.05) is 13.7 Å². The monoisotopic (exact) mass is 301 g/mol. The minimum absolute atomic E-state index is 0.0220. The standard InChI is InChI=1S/C17H19NO2S/c1-3-18(13-16-8-5-11-21-16)17(19)10-9-14-6-4-7-15(12-14)20-2/h4-12H,3,13H2,1-2H3/b10-9+. The second-order valence-electron chi connectivity index (χ2n) is 4.54. The number of nitrogens with zero attached hydrogens (tertiary/aromatic N) is 1. The minimum atomic E-state index is 0.0220. The molecule has 0 saturated heterocycles. The van der Waals surface area contributed by atoms with Crippen LogP contribution in [0.15, 0.2) is 47.9 Å². The number of carbonyl (C=O) groups is 1. The van der Waals surface area contributed by atoms with Crippen molar-refractivity contribution in [2.24, 2.45) is 0 Å². The van der Waals surface area contributed by atoms with Gasteiger partial charge in [0.2, 0.25) is 5.91 Å². The first-order valence-electron chi connectivity index (χ1n) is 6.86. The van der Waals surface area contributed by atoms with Crippen LogP contribution in [-0.2, 0) is 11.3 Å². The van der Waals surface area contributed by atoms with Crippen molar-refractivity contribution < 1.29 is 9.53 Å². The van der Waals surface area contributed by atoms with Crippen LogP contribution in [0.4, 0.5) is 0 Å². The molecule has 0 unspecified atom stereocenters. The van der Waals surface area contributed by atoms with Crippen LogP contribution in [0, 0.1) is 0 Å². The Hall–Kier alpha value is -2.07. The van der Waals surface area contributed by atoms with Crippen LogP contribution in [0.2, 0.25) is 0 Å². The molecule has 0 aliphatic carbocycles. The van der Waals surface area contributed by atoms with Crippen molar-refractivity contribution in [3.05, 3.63) is 58.3 Å². The van der Waals surface area contributed by atoms with Crippen molar-refractivity contribution in [2.45, 2.75) is 13.5 Å². The summed E-state index contributed by atoms with van der Waals surface area (Å²) >= 11 is 1.67. The summed E-state index contributed by atoms with van der Waals surface area (Å²) in [5, 5.41) is 2.03. The van der Waals surface area contributed by atoms with Crippen molar-refractivity contribution in [3.63, 3.8) is 0 Å². The highest BCUT2D eigenvalue weighted by atomic mass is 32.1. The Morgan fingerprint density at radius 3 is 2.86 bits per heavy atom. The van der Waals surface area contributed by atoms with Gasteiger partial charge in [-0.3, -0.25) is 4.79 Å². The minimum Gasteiger partial charge on any atom is -0.497 e. The summed E-state index contributed by atoms with van der Waals surface area (Å²) in [4.78, 5) is 15.3. The third-order valence-corrected chi connectivity index (χ3v) is 3.99. The molecular formula is C17H19NO2S. The van der Waals surface area contributed by atoms with Gasteiger partial charge in [-0.1, -0.05) is 18.2 Å². The van der Waals surface area contributed by atoms with Crippen molar-refractivity contribution in [1.29, 1.82) is 0 Å². The fraction of sp³-hybridized carbons (Fsp3) is 0.235. The number of amides is 1. The summed E-state index contributed by atoms with van der Waals surface area (Å²) < 4.78 is 5.17. The maximum Gasteiger partial charge on any atom is 0.246 e. The molecule has 2 aromatic rings. The molecule has 1 aromatic carbocycles. The normalized spacial score (nSPS) is 10.8. The highest BCUT2D eigenvalue weighted by Gasteiger charge is 2.09. The molecule has 0 fully saturated rings. The molecule has 0 radical (unpaired) electrons. The average molecular weight is 301 g/mol. The molecular weight excluding hydrogens is 282 g/mol. The Labute approximate surface area is 129 Å². The molecule has 1 heterocycles. The Kier molecular flexibility index (Phi) is 5.58. The lowest BCUT2D eigenvalue weighted by Gasteiger charge is -2.18. The second-order valence-corrected chi connectivity index (χ2v) is 5.57. The third-order valence-electron chi connectivity index (χ3n) is 3.13. The van der Waals surface area contributed by atoms with Gasteiger partial charge >= 0.3 is 0 Å². The van der Waals surface area contributed by atoms with E-state index in [1.807, 2.05) is 59.7 Å². The van der Waals surface area contributed by atoms with Crippen LogP contribution < -0.4 is 4.74 Å². The van der Waals surface area contributed by atoms with E-state index in [2.05, 4.69) is 0 Å². The fourth-order valence-electron chi connectivity index (χ4n) is 1.95. The molecule has 1 aromatic heterocycles. The van der Waals surface area contributed by atoms with Crippen LogP contribution >= 0.6 is 11.3 Å². The summed E-state index contributed by atoms with van der Waals surface area (Å²) in [6.07, 6.45) is 3.44. The molecule has 0 atom stereocenters. The van der Waals surface area contributed by atoms with Gasteiger partial charge in [0.15, 0.2) is 0 Å². The van der Waals surface area contributed by atoms with E-state index in [4.69, 9.17) is 4.74 Å². The average Bonchev–Trinajstić information content (AvgIpc) is 3.03. The molecule has 0 aliphatic rings. The number of likely N-dealkylation sites (N-methyl/N-ethyl adjacent to an activating group) is 1. The van der Waals surface area contributed by atoms with Gasteiger partial charge in [0.05, 0.1) is 13.7 Å². The number of hydrogen-bond donors (Lipinski definition) is 0. The number of rotatable bonds is 6. The van der Waals surface area contributed by atoms with Gasteiger partial charge in [-0.15, -0.1) is 11.3 Å². The van der Waals surface area contributed by atoms with Gasteiger partial charge < -0.3 is 9.64 Å². The lowest BCUT2D eigenvalue weighted by atomic mass is 10.2. The summed E-state index contributed by atoms with van der Waals surface area (Å²) in [7, 11) is 1.63. The summed E-state index contributed by atoms with van der Waals surface area (Å²) in [6, 6.07) is 11.7. The van der Waals surface area contributed by atoms with E-state index < -0.39 is 0 Å². The second kappa shape index (κ2) is 7.64. The lowest BCUT2D eigenvalue weighted by Crippen LogP contribution is -2.28. The van der Waals surface area contributed by atoms with E-state index in [1.54, 1.807) is 24.5 Å². The molecule has 0 saturated carbocycles. The van der Waals surface area contributed by atoms with E-state index >= 15 is 0 Å². The van der Waals surface area contributed by atoms with E-state index in [-0.39, 0.29) is 5.91 Å². The summed E-state index contributed by atoms with van der Waals surface area (Å²) in [5.74, 6) is 0.809. The Morgan fingerprint density at radius 1 is 1.33 bits per heavy atom. The molecule has 2 rings (SSSR count). The first kappa shape index (κ1) is 15.3. The smallest absolute Gasteiger partial charge is 0.246 e. The predicted octanol–water partition coefficient (Wildman–Crippen LogP) is 3.82. The van der Waals surface area contributed by atoms with E-state index in [1.165, 1.54) is 4.88 Å². The van der Waals surface area contributed by atoms with Gasteiger partial charge in [-0.2, -0.15) is 0 Å². The third kappa shape index (κ3) is 4.46. The Morgan fingerprint density at radius 2 is 2.19 bits per heavy atom. The number of benzene rings is 1. The number of carbonyl (C=O) groups excluding carboxylic acids is 1. The quantitative estimate of drug-likeness (QED) is 0.759. The lowest BCUT2D eigenvalue weighted by molar-refractivity contribution is -0.126. The van der Waals surface area contributed by atoms with Gasteiger partial charge in [0, 0.05) is 17.5 Å². The van der Waals surface area contributed by atoms with Crippen LogP contribution in [0.1, 0.15) is 17.4 Å². The molecule has 0 N–H and O–H groups in total. The summed E-state index contributed by atoms with van der Waals surface area (Å²) in [5.41, 5.74) is 0.954. The SMILES string of the molecule is CCN(Cc1cccs1)C(=O)/C=C/c1cccc(OC)c1. The number of ether oxygens (including phenoxy) is 1. The number of thiophene rings is 1. The van der Waals surface area contributed by atoms with Gasteiger partial charge in [-0.25, -0.2) is 0 Å². The van der Waals surface area contributed by atoms with Gasteiger partial charge in [0.25, 0.3) is 0 Å². The molecule has 21 heavy (non-hydrogen) atoms. The van der Waals surface area contributed by atoms with Gasteiger partial charge in [0.1, 0.15) is 5.75 Å². The molecule has 3 nitrogen and oxygen atoms in total. The zero-order valence-electron chi connectivity index (χ0n) is 12.3. The maximum absolute atomic E-state index is 12.2. The topological polar surface area (TPSA) is 29.5 Å². The predicted molar refractivity (Wildman–Crippen MR) is 87.4 cm³/mol. The van der Waals surface area contributed by atoms with E-state index in [0.717, 1.165) is 11.3 Å². The van der Waals surface area contributed by atoms with Gasteiger partial charge in [-0.05, 0) is 42.1 Å². The molecule has 0 bridgehead atoms. The maximum atomic E-state index is 12.2. The van der Waals surface area contributed by atoms with E-state index in [0.29, 0.717) is 13.1 Å².